The van der Waals surface area contributed by atoms with Crippen molar-refractivity contribution in [3.05, 3.63) is 93.6 Å². The van der Waals surface area contributed by atoms with E-state index in [0.717, 1.165) is 77.9 Å². The molecule has 2 aliphatic rings. The zero-order chi connectivity index (χ0) is 28.8. The van der Waals surface area contributed by atoms with Gasteiger partial charge in [-0.05, 0) is 85.1 Å². The van der Waals surface area contributed by atoms with Gasteiger partial charge in [-0.1, -0.05) is 55.0 Å². The monoisotopic (exact) mass is 554 g/mol. The van der Waals surface area contributed by atoms with Gasteiger partial charge in [0.2, 0.25) is 0 Å². The molecule has 3 aromatic rings. The van der Waals surface area contributed by atoms with Crippen LogP contribution in [-0.2, 0) is 0 Å². The van der Waals surface area contributed by atoms with Crippen LogP contribution < -0.4 is 15.8 Å². The first kappa shape index (κ1) is 28.7. The number of carbonyl (C=O) groups excluding carboxylic acids is 2. The highest BCUT2D eigenvalue weighted by Crippen LogP contribution is 2.31. The van der Waals surface area contributed by atoms with Crippen LogP contribution in [0.5, 0.6) is 0 Å². The molecule has 2 unspecified atom stereocenters. The minimum Gasteiger partial charge on any atom is -0.396 e. The quantitative estimate of drug-likeness (QED) is 0.226. The minimum absolute atomic E-state index is 0.0449. The number of amides is 1. The highest BCUT2D eigenvalue weighted by molar-refractivity contribution is 5.98. The lowest BCUT2D eigenvalue weighted by molar-refractivity contribution is 0.0905. The van der Waals surface area contributed by atoms with E-state index in [1.54, 1.807) is 12.1 Å². The van der Waals surface area contributed by atoms with Crippen molar-refractivity contribution < 1.29 is 19.1 Å². The summed E-state index contributed by atoms with van der Waals surface area (Å²) in [5.41, 5.74) is 4.31. The summed E-state index contributed by atoms with van der Waals surface area (Å²) in [6.07, 6.45) is 9.96. The summed E-state index contributed by atoms with van der Waals surface area (Å²) in [5.74, 6) is 0.429. The van der Waals surface area contributed by atoms with Crippen LogP contribution in [0, 0.1) is 24.6 Å². The summed E-state index contributed by atoms with van der Waals surface area (Å²) < 4.78 is 13.3. The predicted octanol–water partition coefficient (Wildman–Crippen LogP) is 4.83. The molecule has 0 radical (unpaired) electrons. The van der Waals surface area contributed by atoms with E-state index >= 15 is 0 Å². The predicted molar refractivity (Wildman–Crippen MR) is 161 cm³/mol. The second kappa shape index (κ2) is 13.3. The molecule has 0 aromatic heterocycles. The van der Waals surface area contributed by atoms with Gasteiger partial charge in [0.05, 0.1) is 0 Å². The lowest BCUT2D eigenvalue weighted by atomic mass is 9.90. The maximum Gasteiger partial charge on any atom is 0.251 e. The van der Waals surface area contributed by atoms with Gasteiger partial charge >= 0.3 is 0 Å². The molecule has 1 saturated carbocycles. The molecule has 6 heteroatoms. The molecule has 0 saturated heterocycles. The second-order valence-electron chi connectivity index (χ2n) is 11.4. The molecule has 0 spiro atoms. The van der Waals surface area contributed by atoms with Crippen LogP contribution in [0.25, 0.3) is 23.4 Å². The number of nitrogens with zero attached hydrogens (tertiary/aromatic N) is 1. The molecule has 2 N–H and O–H groups in total. The van der Waals surface area contributed by atoms with Crippen molar-refractivity contribution in [1.29, 1.82) is 0 Å². The summed E-state index contributed by atoms with van der Waals surface area (Å²) in [7, 11) is 0. The van der Waals surface area contributed by atoms with Crippen molar-refractivity contribution in [3.63, 3.8) is 0 Å². The molecule has 1 aliphatic heterocycles. The molecular weight excluding hydrogens is 515 g/mol. The van der Waals surface area contributed by atoms with E-state index in [1.165, 1.54) is 12.1 Å². The topological polar surface area (TPSA) is 69.6 Å². The molecule has 0 bridgehead atoms. The molecule has 1 amide bonds. The summed E-state index contributed by atoms with van der Waals surface area (Å²) in [4.78, 5) is 28.4. The Kier molecular flexibility index (Phi) is 9.30. The first-order valence-electron chi connectivity index (χ1n) is 14.8. The fourth-order valence-corrected chi connectivity index (χ4v) is 6.16. The third kappa shape index (κ3) is 6.94. The first-order chi connectivity index (χ1) is 19.9. The molecule has 3 aromatic carbocycles. The number of hydrogen-bond acceptors (Lipinski definition) is 4. The number of Topliss-reactive ketones (excluding diaryl/α,β-unsaturated/α-hetero) is 1. The SMILES string of the molecule is Cc1c(C(=O)NCCCO)ccc2c1=CN(CC1CCCC(C(=O)c3ccc(-c4ccc(F)cc4)cc3)CC1)CC=2. The standard InChI is InChI=1S/C35H39FN2O3/c1-24-32(35(41)37-19-3-21-39)17-14-28-18-20-38(23-33(24)28)22-25-4-2-5-29(7-6-25)34(40)30-10-8-26(9-11-30)27-12-15-31(36)16-13-27/h8-18,23,25,29,39H,2-7,19-22H2,1H3,(H,37,41). The fourth-order valence-electron chi connectivity index (χ4n) is 6.16. The van der Waals surface area contributed by atoms with Gasteiger partial charge in [0.25, 0.3) is 5.91 Å². The Labute approximate surface area is 241 Å². The van der Waals surface area contributed by atoms with Crippen LogP contribution >= 0.6 is 0 Å². The number of aliphatic hydroxyl groups is 1. The van der Waals surface area contributed by atoms with Gasteiger partial charge in [-0.25, -0.2) is 4.39 Å². The van der Waals surface area contributed by atoms with Crippen LogP contribution in [0.15, 0.2) is 60.7 Å². The Morgan fingerprint density at radius 1 is 0.951 bits per heavy atom. The van der Waals surface area contributed by atoms with Crippen molar-refractivity contribution in [1.82, 2.24) is 10.2 Å². The minimum atomic E-state index is -0.257. The van der Waals surface area contributed by atoms with Crippen molar-refractivity contribution >= 4 is 24.0 Å². The summed E-state index contributed by atoms with van der Waals surface area (Å²) in [6.45, 7) is 4.30. The zero-order valence-electron chi connectivity index (χ0n) is 23.7. The van der Waals surface area contributed by atoms with E-state index in [0.29, 0.717) is 24.4 Å². The summed E-state index contributed by atoms with van der Waals surface area (Å²) in [5, 5.41) is 14.1. The lowest BCUT2D eigenvalue weighted by Crippen LogP contribution is -2.40. The van der Waals surface area contributed by atoms with Crippen molar-refractivity contribution in [2.75, 3.05) is 26.2 Å². The number of rotatable bonds is 9. The average molecular weight is 555 g/mol. The van der Waals surface area contributed by atoms with E-state index in [1.807, 2.05) is 43.3 Å². The van der Waals surface area contributed by atoms with Gasteiger partial charge in [-0.15, -0.1) is 0 Å². The first-order valence-corrected chi connectivity index (χ1v) is 14.8. The number of hydrogen-bond donors (Lipinski definition) is 2. The lowest BCUT2D eigenvalue weighted by Gasteiger charge is -2.27. The van der Waals surface area contributed by atoms with Crippen LogP contribution in [-0.4, -0.2) is 47.9 Å². The Morgan fingerprint density at radius 3 is 2.41 bits per heavy atom. The highest BCUT2D eigenvalue weighted by Gasteiger charge is 2.26. The van der Waals surface area contributed by atoms with E-state index in [9.17, 15) is 14.0 Å². The molecule has 5 rings (SSSR count). The van der Waals surface area contributed by atoms with Crippen LogP contribution in [0.2, 0.25) is 0 Å². The molecule has 1 heterocycles. The number of halogens is 1. The second-order valence-corrected chi connectivity index (χ2v) is 11.4. The molecular formula is C35H39FN2O3. The van der Waals surface area contributed by atoms with Gasteiger partial charge < -0.3 is 15.3 Å². The van der Waals surface area contributed by atoms with Gasteiger partial charge in [-0.3, -0.25) is 9.59 Å². The Hall–Kier alpha value is -3.77. The van der Waals surface area contributed by atoms with Crippen molar-refractivity contribution in [2.45, 2.75) is 45.4 Å². The Balaban J connectivity index is 1.20. The number of aliphatic hydroxyl groups excluding tert-OH is 1. The van der Waals surface area contributed by atoms with Gasteiger partial charge in [-0.2, -0.15) is 0 Å². The van der Waals surface area contributed by atoms with E-state index in [2.05, 4.69) is 22.5 Å². The maximum atomic E-state index is 13.4. The maximum absolute atomic E-state index is 13.4. The molecule has 41 heavy (non-hydrogen) atoms. The number of nitrogens with one attached hydrogen (secondary N) is 1. The highest BCUT2D eigenvalue weighted by atomic mass is 19.1. The number of fused-ring (bicyclic) bond motifs is 1. The van der Waals surface area contributed by atoms with Gasteiger partial charge in [0.15, 0.2) is 5.78 Å². The summed E-state index contributed by atoms with van der Waals surface area (Å²) >= 11 is 0. The smallest absolute Gasteiger partial charge is 0.251 e. The molecule has 214 valence electrons. The molecule has 2 atom stereocenters. The number of benzene rings is 3. The Bertz CT molecular complexity index is 1500. The van der Waals surface area contributed by atoms with E-state index in [4.69, 9.17) is 5.11 Å². The van der Waals surface area contributed by atoms with Gasteiger partial charge in [0.1, 0.15) is 5.82 Å². The van der Waals surface area contributed by atoms with Crippen molar-refractivity contribution in [2.24, 2.45) is 11.8 Å². The number of carbonyl (C=O) groups is 2. The van der Waals surface area contributed by atoms with Crippen LogP contribution in [0.1, 0.15) is 64.8 Å². The average Bonchev–Trinajstić information content (AvgIpc) is 3.23. The molecule has 1 fully saturated rings. The molecule has 5 nitrogen and oxygen atoms in total. The molecule has 1 aliphatic carbocycles. The van der Waals surface area contributed by atoms with Crippen LogP contribution in [0.4, 0.5) is 4.39 Å². The van der Waals surface area contributed by atoms with Crippen LogP contribution in [0.3, 0.4) is 0 Å². The van der Waals surface area contributed by atoms with E-state index in [-0.39, 0.29) is 30.0 Å². The van der Waals surface area contributed by atoms with Crippen molar-refractivity contribution in [3.8, 4) is 11.1 Å². The fraction of sp³-hybridized carbons (Fsp3) is 0.371. The van der Waals surface area contributed by atoms with E-state index < -0.39 is 0 Å². The third-order valence-electron chi connectivity index (χ3n) is 8.57. The number of ketones is 1. The normalized spacial score (nSPS) is 18.5. The van der Waals surface area contributed by atoms with Gasteiger partial charge in [0, 0.05) is 54.7 Å². The Morgan fingerprint density at radius 2 is 1.68 bits per heavy atom. The third-order valence-corrected chi connectivity index (χ3v) is 8.57. The summed E-state index contributed by atoms with van der Waals surface area (Å²) in [6, 6.07) is 18.0. The largest absolute Gasteiger partial charge is 0.396 e. The zero-order valence-corrected chi connectivity index (χ0v) is 23.7.